The molecule has 0 radical (unpaired) electrons. The molecule has 0 aliphatic carbocycles. The maximum absolute atomic E-state index is 11.1. The van der Waals surface area contributed by atoms with Crippen LogP contribution in [0.4, 0.5) is 0 Å². The molecule has 0 amide bonds. The van der Waals surface area contributed by atoms with Gasteiger partial charge >= 0.3 is 20.5 Å². The van der Waals surface area contributed by atoms with Crippen molar-refractivity contribution in [3.8, 4) is 0 Å². The van der Waals surface area contributed by atoms with Crippen LogP contribution in [-0.2, 0) is 17.8 Å². The van der Waals surface area contributed by atoms with Gasteiger partial charge in [-0.1, -0.05) is 0 Å². The minimum atomic E-state index is -2.41. The second-order valence-corrected chi connectivity index (χ2v) is 20.6. The molecule has 0 heterocycles. The highest BCUT2D eigenvalue weighted by Gasteiger charge is 2.39. The summed E-state index contributed by atoms with van der Waals surface area (Å²) in [6.45, 7) is 14.7. The highest BCUT2D eigenvalue weighted by molar-refractivity contribution is 6.87. The van der Waals surface area contributed by atoms with Crippen molar-refractivity contribution in [2.24, 2.45) is 0 Å². The normalized spacial score (nSPS) is 14.0. The second-order valence-electron chi connectivity index (χ2n) is 7.73. The third kappa shape index (κ3) is 11.4. The predicted octanol–water partition coefficient (Wildman–Crippen LogP) is 3.64. The molecule has 0 bridgehead atoms. The molecule has 0 aliphatic rings. The number of aliphatic carboxylic acids is 2. The molecule has 0 aromatic carbocycles. The summed E-state index contributed by atoms with van der Waals surface area (Å²) in [5.74, 6) is -2.42. The van der Waals surface area contributed by atoms with Crippen LogP contribution in [0.3, 0.4) is 0 Å². The highest BCUT2D eigenvalue weighted by Crippen LogP contribution is 2.26. The van der Waals surface area contributed by atoms with Gasteiger partial charge in [0.15, 0.2) is 16.6 Å². The first kappa shape index (κ1) is 22.3. The van der Waals surface area contributed by atoms with E-state index < -0.39 is 37.1 Å². The molecule has 134 valence electrons. The van der Waals surface area contributed by atoms with E-state index >= 15 is 0 Å². The van der Waals surface area contributed by atoms with E-state index in [1.54, 1.807) is 0 Å². The van der Waals surface area contributed by atoms with E-state index in [1.807, 2.05) is 6.55 Å². The first-order valence-corrected chi connectivity index (χ1v) is 17.0. The van der Waals surface area contributed by atoms with Crippen LogP contribution in [0.5, 0.6) is 0 Å². The van der Waals surface area contributed by atoms with Gasteiger partial charge in [0.05, 0.1) is 0 Å². The van der Waals surface area contributed by atoms with Crippen LogP contribution in [0.15, 0.2) is 11.6 Å². The van der Waals surface area contributed by atoms with Gasteiger partial charge in [-0.2, -0.15) is 0 Å². The number of rotatable bonds is 10. The summed E-state index contributed by atoms with van der Waals surface area (Å²) >= 11 is 0. The fourth-order valence-electron chi connectivity index (χ4n) is 2.41. The SMILES string of the molecule is C[Si](C)(C)O[Si](C)(CCC/C(=C\C(=O)O)C(=O)O)O[Si](C)(C)C. The molecule has 23 heavy (non-hydrogen) atoms. The fraction of sp³-hybridized carbons (Fsp3) is 0.714. The van der Waals surface area contributed by atoms with Gasteiger partial charge in [0, 0.05) is 11.6 Å². The van der Waals surface area contributed by atoms with Gasteiger partial charge in [-0.15, -0.1) is 0 Å². The standard InChI is InChI=1S/C14H30O6Si3/c1-21(2,3)19-23(7,20-22(4,5)6)10-8-9-12(14(17)18)11-13(15)16/h11H,8-10H2,1-7H3,(H,15,16)(H,17,18)/b12-11+. The lowest BCUT2D eigenvalue weighted by molar-refractivity contribution is -0.135. The van der Waals surface area contributed by atoms with E-state index in [0.29, 0.717) is 12.5 Å². The number of carbonyl (C=O) groups is 2. The lowest BCUT2D eigenvalue weighted by Crippen LogP contribution is -2.52. The van der Waals surface area contributed by atoms with Crippen LogP contribution in [0.1, 0.15) is 12.8 Å². The van der Waals surface area contributed by atoms with Gasteiger partial charge in [0.2, 0.25) is 0 Å². The van der Waals surface area contributed by atoms with Crippen molar-refractivity contribution in [2.45, 2.75) is 64.7 Å². The van der Waals surface area contributed by atoms with Crippen LogP contribution in [0, 0.1) is 0 Å². The van der Waals surface area contributed by atoms with Crippen molar-refractivity contribution in [3.63, 3.8) is 0 Å². The summed E-state index contributed by atoms with van der Waals surface area (Å²) < 4.78 is 12.7. The van der Waals surface area contributed by atoms with E-state index in [4.69, 9.17) is 18.4 Å². The molecule has 0 aromatic rings. The van der Waals surface area contributed by atoms with Crippen LogP contribution >= 0.6 is 0 Å². The molecule has 6 nitrogen and oxygen atoms in total. The highest BCUT2D eigenvalue weighted by atomic mass is 28.5. The number of carboxylic acids is 2. The topological polar surface area (TPSA) is 93.1 Å². The summed E-state index contributed by atoms with van der Waals surface area (Å²) in [4.78, 5) is 21.8. The molecular formula is C14H30O6Si3. The molecule has 0 saturated carbocycles. The zero-order chi connectivity index (χ0) is 18.5. The molecule has 0 aliphatic heterocycles. The predicted molar refractivity (Wildman–Crippen MR) is 97.9 cm³/mol. The second kappa shape index (κ2) is 8.38. The van der Waals surface area contributed by atoms with E-state index in [2.05, 4.69) is 39.3 Å². The zero-order valence-corrected chi connectivity index (χ0v) is 18.2. The van der Waals surface area contributed by atoms with Crippen molar-refractivity contribution >= 4 is 37.1 Å². The van der Waals surface area contributed by atoms with E-state index in [9.17, 15) is 9.59 Å². The Bertz CT molecular complexity index is 446. The first-order chi connectivity index (χ1) is 10.1. The molecule has 0 rings (SSSR count). The number of hydrogen-bond donors (Lipinski definition) is 2. The molecule has 0 fully saturated rings. The van der Waals surface area contributed by atoms with Crippen LogP contribution < -0.4 is 0 Å². The molecule has 2 N–H and O–H groups in total. The van der Waals surface area contributed by atoms with Gasteiger partial charge in [-0.3, -0.25) is 0 Å². The van der Waals surface area contributed by atoms with Crippen molar-refractivity contribution in [3.05, 3.63) is 11.6 Å². The smallest absolute Gasteiger partial charge is 0.331 e. The van der Waals surface area contributed by atoms with Crippen molar-refractivity contribution in [1.82, 2.24) is 0 Å². The van der Waals surface area contributed by atoms with Crippen molar-refractivity contribution < 1.29 is 28.0 Å². The Labute approximate surface area is 142 Å². The van der Waals surface area contributed by atoms with Crippen LogP contribution in [0.2, 0.25) is 51.9 Å². The lowest BCUT2D eigenvalue weighted by Gasteiger charge is -2.38. The average Bonchev–Trinajstić information content (AvgIpc) is 2.20. The van der Waals surface area contributed by atoms with Gasteiger partial charge in [-0.25, -0.2) is 9.59 Å². The summed E-state index contributed by atoms with van der Waals surface area (Å²) in [7, 11) is -5.97. The number of hydrogen-bond acceptors (Lipinski definition) is 4. The lowest BCUT2D eigenvalue weighted by atomic mass is 10.1. The summed E-state index contributed by atoms with van der Waals surface area (Å²) in [6.07, 6.45) is 1.51. The average molecular weight is 379 g/mol. The number of carboxylic acid groups (broad SMARTS) is 2. The first-order valence-electron chi connectivity index (χ1n) is 7.71. The fourth-order valence-corrected chi connectivity index (χ4v) is 14.9. The molecule has 9 heteroatoms. The van der Waals surface area contributed by atoms with Crippen molar-refractivity contribution in [1.29, 1.82) is 0 Å². The van der Waals surface area contributed by atoms with Crippen molar-refractivity contribution in [2.75, 3.05) is 0 Å². The Balaban J connectivity index is 4.98. The van der Waals surface area contributed by atoms with E-state index in [0.717, 1.165) is 6.08 Å². The van der Waals surface area contributed by atoms with E-state index in [-0.39, 0.29) is 12.0 Å². The van der Waals surface area contributed by atoms with Gasteiger partial charge in [0.25, 0.3) is 0 Å². The third-order valence-electron chi connectivity index (χ3n) is 2.69. The Morgan fingerprint density at radius 1 is 0.913 bits per heavy atom. The van der Waals surface area contributed by atoms with Crippen LogP contribution in [0.25, 0.3) is 0 Å². The Kier molecular flexibility index (Phi) is 8.11. The quantitative estimate of drug-likeness (QED) is 0.445. The summed E-state index contributed by atoms with van der Waals surface area (Å²) in [6, 6.07) is 0.659. The molecule has 0 unspecified atom stereocenters. The maximum Gasteiger partial charge on any atom is 0.331 e. The minimum Gasteiger partial charge on any atom is -0.478 e. The Hall–Kier alpha value is -0.749. The molecule has 0 aromatic heterocycles. The Morgan fingerprint density at radius 2 is 1.35 bits per heavy atom. The summed E-state index contributed by atoms with van der Waals surface area (Å²) in [5.41, 5.74) is -0.0881. The van der Waals surface area contributed by atoms with Gasteiger partial charge in [0.1, 0.15) is 0 Å². The molecule has 0 saturated heterocycles. The Morgan fingerprint density at radius 3 is 1.65 bits per heavy atom. The zero-order valence-electron chi connectivity index (χ0n) is 15.2. The van der Waals surface area contributed by atoms with E-state index in [1.165, 1.54) is 0 Å². The monoisotopic (exact) mass is 378 g/mol. The molecule has 0 atom stereocenters. The van der Waals surface area contributed by atoms with Crippen LogP contribution in [-0.4, -0.2) is 47.3 Å². The van der Waals surface area contributed by atoms with Gasteiger partial charge < -0.3 is 18.4 Å². The minimum absolute atomic E-state index is 0.0881. The largest absolute Gasteiger partial charge is 0.478 e. The molecular weight excluding hydrogens is 348 g/mol. The van der Waals surface area contributed by atoms with Gasteiger partial charge in [-0.05, 0) is 64.7 Å². The summed E-state index contributed by atoms with van der Waals surface area (Å²) in [5, 5.41) is 17.8. The maximum atomic E-state index is 11.1. The third-order valence-corrected chi connectivity index (χ3v) is 12.3. The molecule has 0 spiro atoms.